The number of aromatic carboxylic acids is 1. The summed E-state index contributed by atoms with van der Waals surface area (Å²) in [5.41, 5.74) is -0.382. The zero-order valence-corrected chi connectivity index (χ0v) is 11.5. The maximum atomic E-state index is 11.1. The maximum absolute atomic E-state index is 11.1. The lowest BCUT2D eigenvalue weighted by Crippen LogP contribution is -2.00. The van der Waals surface area contributed by atoms with Crippen molar-refractivity contribution in [3.8, 4) is 11.5 Å². The molecule has 0 amide bonds. The molecule has 110 valence electrons. The molecule has 0 atom stereocenters. The van der Waals surface area contributed by atoms with Crippen LogP contribution >= 0.6 is 11.6 Å². The van der Waals surface area contributed by atoms with Crippen LogP contribution in [0.1, 0.15) is 16.2 Å². The number of methoxy groups -OCH3 is 1. The molecule has 0 spiro atoms. The molecule has 21 heavy (non-hydrogen) atoms. The number of nitro groups is 1. The molecule has 0 saturated heterocycles. The van der Waals surface area contributed by atoms with E-state index in [0.29, 0.717) is 0 Å². The quantitative estimate of drug-likeness (QED) is 0.666. The minimum absolute atomic E-state index is 0.0224. The fourth-order valence-electron chi connectivity index (χ4n) is 1.74. The van der Waals surface area contributed by atoms with Gasteiger partial charge in [-0.2, -0.15) is 0 Å². The molecule has 9 heteroatoms. The Hall–Kier alpha value is -2.45. The highest BCUT2D eigenvalue weighted by Crippen LogP contribution is 2.36. The third-order valence-corrected chi connectivity index (χ3v) is 2.89. The van der Waals surface area contributed by atoms with Crippen LogP contribution < -0.4 is 0 Å². The molecule has 2 aromatic rings. The van der Waals surface area contributed by atoms with E-state index in [0.717, 1.165) is 0 Å². The van der Waals surface area contributed by atoms with Crippen molar-refractivity contribution in [2.75, 3.05) is 7.11 Å². The predicted molar refractivity (Wildman–Crippen MR) is 71.3 cm³/mol. The van der Waals surface area contributed by atoms with Gasteiger partial charge in [0.15, 0.2) is 0 Å². The molecule has 2 rings (SSSR count). The van der Waals surface area contributed by atoms with Gasteiger partial charge >= 0.3 is 5.97 Å². The lowest BCUT2D eigenvalue weighted by molar-refractivity contribution is -0.384. The molecule has 0 aliphatic rings. The molecule has 0 fully saturated rings. The average molecular weight is 313 g/mol. The van der Waals surface area contributed by atoms with E-state index in [2.05, 4.69) is 4.98 Å². The van der Waals surface area contributed by atoms with Gasteiger partial charge in [-0.25, -0.2) is 9.78 Å². The minimum atomic E-state index is -1.35. The Morgan fingerprint density at radius 1 is 1.57 bits per heavy atom. The molecular formula is C12H9ClN2O6. The first-order valence-corrected chi connectivity index (χ1v) is 5.98. The highest BCUT2D eigenvalue weighted by Gasteiger charge is 2.27. The Labute approximate surface area is 123 Å². The number of hydrogen-bond acceptors (Lipinski definition) is 6. The highest BCUT2D eigenvalue weighted by molar-refractivity contribution is 6.33. The van der Waals surface area contributed by atoms with Gasteiger partial charge in [-0.1, -0.05) is 17.7 Å². The van der Waals surface area contributed by atoms with Crippen molar-refractivity contribution in [2.45, 2.75) is 6.61 Å². The van der Waals surface area contributed by atoms with Crippen LogP contribution in [0.5, 0.6) is 0 Å². The number of carbonyl (C=O) groups is 1. The molecule has 1 aromatic carbocycles. The molecule has 0 aliphatic heterocycles. The summed E-state index contributed by atoms with van der Waals surface area (Å²) in [6.45, 7) is -0.108. The SMILES string of the molecule is COCc1nc(-c2c(Cl)cccc2[N+](=O)[O-])oc1C(=O)O. The van der Waals surface area contributed by atoms with Crippen molar-refractivity contribution in [3.05, 3.63) is 44.8 Å². The number of rotatable bonds is 5. The number of aromatic nitrogens is 1. The van der Waals surface area contributed by atoms with E-state index in [4.69, 9.17) is 25.9 Å². The topological polar surface area (TPSA) is 116 Å². The summed E-state index contributed by atoms with van der Waals surface area (Å²) >= 11 is 5.94. The monoisotopic (exact) mass is 312 g/mol. The zero-order valence-electron chi connectivity index (χ0n) is 10.7. The van der Waals surface area contributed by atoms with Gasteiger partial charge in [-0.05, 0) is 6.07 Å². The van der Waals surface area contributed by atoms with Gasteiger partial charge < -0.3 is 14.3 Å². The molecule has 1 aromatic heterocycles. The molecule has 0 unspecified atom stereocenters. The van der Waals surface area contributed by atoms with Crippen molar-refractivity contribution >= 4 is 23.3 Å². The number of oxazole rings is 1. The Kier molecular flexibility index (Phi) is 4.20. The van der Waals surface area contributed by atoms with Crippen molar-refractivity contribution < 1.29 is 24.0 Å². The lowest BCUT2D eigenvalue weighted by Gasteiger charge is -2.00. The molecule has 0 radical (unpaired) electrons. The zero-order chi connectivity index (χ0) is 15.6. The number of nitro benzene ring substituents is 1. The van der Waals surface area contributed by atoms with E-state index in [9.17, 15) is 14.9 Å². The van der Waals surface area contributed by atoms with Crippen LogP contribution in [0.2, 0.25) is 5.02 Å². The Morgan fingerprint density at radius 2 is 2.29 bits per heavy atom. The second kappa shape index (κ2) is 5.90. The van der Waals surface area contributed by atoms with Gasteiger partial charge in [0, 0.05) is 13.2 Å². The number of hydrogen-bond donors (Lipinski definition) is 1. The van der Waals surface area contributed by atoms with Gasteiger partial charge in [0.2, 0.25) is 11.7 Å². The van der Waals surface area contributed by atoms with Crippen molar-refractivity contribution in [2.24, 2.45) is 0 Å². The summed E-state index contributed by atoms with van der Waals surface area (Å²) in [6.07, 6.45) is 0. The van der Waals surface area contributed by atoms with Crippen molar-refractivity contribution in [3.63, 3.8) is 0 Å². The number of halogens is 1. The largest absolute Gasteiger partial charge is 0.475 e. The molecule has 1 N–H and O–H groups in total. The number of ether oxygens (including phenoxy) is 1. The normalized spacial score (nSPS) is 10.6. The van der Waals surface area contributed by atoms with Gasteiger partial charge in [-0.3, -0.25) is 10.1 Å². The summed E-state index contributed by atoms with van der Waals surface area (Å²) in [5, 5.41) is 20.1. The fraction of sp³-hybridized carbons (Fsp3) is 0.167. The third-order valence-electron chi connectivity index (χ3n) is 2.57. The first-order valence-electron chi connectivity index (χ1n) is 5.61. The number of carboxylic acids is 1. The molecule has 0 saturated carbocycles. The summed E-state index contributed by atoms with van der Waals surface area (Å²) in [7, 11) is 1.36. The van der Waals surface area contributed by atoms with Crippen LogP contribution in [0.25, 0.3) is 11.5 Å². The summed E-state index contributed by atoms with van der Waals surface area (Å²) in [5.74, 6) is -2.03. The van der Waals surface area contributed by atoms with Crippen molar-refractivity contribution in [1.29, 1.82) is 0 Å². The Morgan fingerprint density at radius 3 is 2.86 bits per heavy atom. The van der Waals surface area contributed by atoms with Crippen LogP contribution in [0, 0.1) is 10.1 Å². The number of nitrogens with zero attached hydrogens (tertiary/aromatic N) is 2. The van der Waals surface area contributed by atoms with Crippen LogP contribution in [-0.2, 0) is 11.3 Å². The second-order valence-electron chi connectivity index (χ2n) is 3.92. The Balaban J connectivity index is 2.65. The fourth-order valence-corrected chi connectivity index (χ4v) is 1.99. The highest BCUT2D eigenvalue weighted by atomic mass is 35.5. The summed E-state index contributed by atoms with van der Waals surface area (Å²) < 4.78 is 9.93. The van der Waals surface area contributed by atoms with Crippen LogP contribution in [0.15, 0.2) is 22.6 Å². The van der Waals surface area contributed by atoms with E-state index >= 15 is 0 Å². The third kappa shape index (κ3) is 2.86. The van der Waals surface area contributed by atoms with Gasteiger partial charge in [0.05, 0.1) is 16.6 Å². The van der Waals surface area contributed by atoms with Gasteiger partial charge in [0.25, 0.3) is 5.69 Å². The smallest absolute Gasteiger partial charge is 0.373 e. The summed E-state index contributed by atoms with van der Waals surface area (Å²) in [6, 6.07) is 4.05. The van der Waals surface area contributed by atoms with E-state index in [-0.39, 0.29) is 34.5 Å². The molecule has 0 bridgehead atoms. The van der Waals surface area contributed by atoms with Crippen LogP contribution in [0.4, 0.5) is 5.69 Å². The molecule has 1 heterocycles. The van der Waals surface area contributed by atoms with Crippen LogP contribution in [-0.4, -0.2) is 28.1 Å². The molecule has 0 aliphatic carbocycles. The molecular weight excluding hydrogens is 304 g/mol. The standard InChI is InChI=1S/C12H9ClN2O6/c1-20-5-7-10(12(16)17)21-11(14-7)9-6(13)3-2-4-8(9)15(18)19/h2-4H,5H2,1H3,(H,16,17). The first kappa shape index (κ1) is 14.9. The molecule has 8 nitrogen and oxygen atoms in total. The lowest BCUT2D eigenvalue weighted by atomic mass is 10.2. The van der Waals surface area contributed by atoms with E-state index in [1.807, 2.05) is 0 Å². The van der Waals surface area contributed by atoms with Crippen LogP contribution in [0.3, 0.4) is 0 Å². The van der Waals surface area contributed by atoms with Gasteiger partial charge in [-0.15, -0.1) is 0 Å². The first-order chi connectivity index (χ1) is 9.95. The second-order valence-corrected chi connectivity index (χ2v) is 4.33. The number of benzene rings is 1. The maximum Gasteiger partial charge on any atom is 0.373 e. The minimum Gasteiger partial charge on any atom is -0.475 e. The van der Waals surface area contributed by atoms with E-state index in [1.54, 1.807) is 0 Å². The summed E-state index contributed by atoms with van der Waals surface area (Å²) in [4.78, 5) is 25.4. The van der Waals surface area contributed by atoms with Gasteiger partial charge in [0.1, 0.15) is 11.3 Å². The average Bonchev–Trinajstić information content (AvgIpc) is 2.82. The van der Waals surface area contributed by atoms with E-state index in [1.165, 1.54) is 25.3 Å². The number of carboxylic acid groups (broad SMARTS) is 1. The van der Waals surface area contributed by atoms with E-state index < -0.39 is 16.7 Å². The Bertz CT molecular complexity index is 712. The predicted octanol–water partition coefficient (Wildman–Crippen LogP) is 2.75. The van der Waals surface area contributed by atoms with Crippen molar-refractivity contribution in [1.82, 2.24) is 4.98 Å².